The van der Waals surface area contributed by atoms with Crippen molar-refractivity contribution in [2.45, 2.75) is 110 Å². The Morgan fingerprint density at radius 1 is 0.287 bits per heavy atom. The van der Waals surface area contributed by atoms with Crippen LogP contribution < -0.4 is 20.4 Å². The molecule has 2 aliphatic rings. The molecule has 2 aliphatic heterocycles. The Morgan fingerprint density at radius 3 is 0.872 bits per heavy atom. The fourth-order valence-corrected chi connectivity index (χ4v) is 13.5. The molecule has 6 amide bonds. The number of anilines is 4. The molecule has 2 N–H and O–H groups in total. The quantitative estimate of drug-likeness (QED) is 0.0840. The maximum atomic E-state index is 14.2. The van der Waals surface area contributed by atoms with E-state index in [2.05, 4.69) is 99.0 Å². The molecule has 0 fully saturated rings. The van der Waals surface area contributed by atoms with Gasteiger partial charge in [0.2, 0.25) is 0 Å². The lowest BCUT2D eigenvalue weighted by Gasteiger charge is -2.31. The third kappa shape index (κ3) is 11.4. The number of carbonyl (C=O) groups is 6. The smallest absolute Gasteiger partial charge is 0.265 e. The average molecular weight is 1240 g/mol. The predicted octanol–water partition coefficient (Wildman–Crippen LogP) is 19.3. The van der Waals surface area contributed by atoms with E-state index in [1.54, 1.807) is 24.3 Å². The second kappa shape index (κ2) is 25.0. The molecule has 2 heterocycles. The van der Waals surface area contributed by atoms with Crippen LogP contribution in [0.15, 0.2) is 170 Å². The van der Waals surface area contributed by atoms with Gasteiger partial charge in [0, 0.05) is 55.5 Å². The number of hydrogen-bond donors (Lipinski definition) is 2. The number of nitrogens with zero attached hydrogens (tertiary/aromatic N) is 2. The van der Waals surface area contributed by atoms with E-state index >= 15 is 0 Å². The van der Waals surface area contributed by atoms with Gasteiger partial charge in [-0.1, -0.05) is 97.1 Å². The van der Waals surface area contributed by atoms with Crippen molar-refractivity contribution in [3.05, 3.63) is 292 Å². The minimum Gasteiger partial charge on any atom is -0.322 e. The second-order valence-electron chi connectivity index (χ2n) is 25.8. The highest BCUT2D eigenvalue weighted by atomic mass is 16.2. The summed E-state index contributed by atoms with van der Waals surface area (Å²) in [6.45, 7) is 28.3. The first-order valence-corrected chi connectivity index (χ1v) is 32.0. The zero-order chi connectivity index (χ0) is 66.9. The van der Waals surface area contributed by atoms with Crippen LogP contribution in [0.1, 0.15) is 151 Å². The molecule has 14 rings (SSSR count). The number of amides is 6. The molecule has 12 aromatic rings. The van der Waals surface area contributed by atoms with Gasteiger partial charge < -0.3 is 10.6 Å². The molecule has 0 saturated carbocycles. The highest BCUT2D eigenvalue weighted by Gasteiger charge is 2.39. The third-order valence-corrected chi connectivity index (χ3v) is 19.5. The molecule has 10 heteroatoms. The van der Waals surface area contributed by atoms with E-state index < -0.39 is 0 Å². The number of rotatable bonds is 9. The summed E-state index contributed by atoms with van der Waals surface area (Å²) in [5.41, 5.74) is 24.0. The van der Waals surface area contributed by atoms with Gasteiger partial charge in [0.25, 0.3) is 35.4 Å². The van der Waals surface area contributed by atoms with Gasteiger partial charge in [-0.3, -0.25) is 28.8 Å². The number of carbonyl (C=O) groups excluding carboxylic acids is 6. The van der Waals surface area contributed by atoms with Gasteiger partial charge in [-0.25, -0.2) is 9.80 Å². The zero-order valence-corrected chi connectivity index (χ0v) is 55.9. The molecule has 0 aromatic heterocycles. The molecule has 0 unspecified atom stereocenters. The highest BCUT2D eigenvalue weighted by molar-refractivity contribution is 6.45. The summed E-state index contributed by atoms with van der Waals surface area (Å²) in [6, 6.07) is 54.9. The van der Waals surface area contributed by atoms with Crippen LogP contribution in [0.4, 0.5) is 22.7 Å². The minimum absolute atomic E-state index is 0.196. The van der Waals surface area contributed by atoms with Gasteiger partial charge >= 0.3 is 0 Å². The summed E-state index contributed by atoms with van der Waals surface area (Å²) in [5.74, 6) is -1.79. The van der Waals surface area contributed by atoms with E-state index in [-0.39, 0.29) is 35.4 Å². The molecule has 0 bridgehead atoms. The fourth-order valence-electron chi connectivity index (χ4n) is 13.5. The van der Waals surface area contributed by atoms with Crippen LogP contribution in [0.25, 0.3) is 43.1 Å². The summed E-state index contributed by atoms with van der Waals surface area (Å²) < 4.78 is 0. The lowest BCUT2D eigenvalue weighted by Crippen LogP contribution is -2.41. The van der Waals surface area contributed by atoms with E-state index in [0.29, 0.717) is 55.5 Å². The summed E-state index contributed by atoms with van der Waals surface area (Å²) in [7, 11) is 0. The molecule has 94 heavy (non-hydrogen) atoms. The van der Waals surface area contributed by atoms with E-state index in [1.165, 1.54) is 43.2 Å². The van der Waals surface area contributed by atoms with Crippen LogP contribution in [0, 0.1) is 96.9 Å². The van der Waals surface area contributed by atoms with Crippen molar-refractivity contribution >= 4 is 101 Å². The molecule has 12 aromatic carbocycles. The Hall–Kier alpha value is -10.8. The summed E-state index contributed by atoms with van der Waals surface area (Å²) >= 11 is 0. The fraction of sp³-hybridized carbons (Fsp3) is 0.190. The summed E-state index contributed by atoms with van der Waals surface area (Å²) in [5, 5.41) is 12.3. The van der Waals surface area contributed by atoms with Gasteiger partial charge in [-0.15, -0.1) is 0 Å². The van der Waals surface area contributed by atoms with E-state index in [4.69, 9.17) is 0 Å². The molecule has 0 saturated heterocycles. The number of benzene rings is 12. The van der Waals surface area contributed by atoms with Gasteiger partial charge in [-0.2, -0.15) is 0 Å². The van der Waals surface area contributed by atoms with Crippen molar-refractivity contribution in [3.8, 4) is 0 Å². The largest absolute Gasteiger partial charge is 0.322 e. The van der Waals surface area contributed by atoms with Gasteiger partial charge in [-0.05, 0) is 304 Å². The van der Waals surface area contributed by atoms with Crippen LogP contribution in [-0.4, -0.2) is 35.4 Å². The average Bonchev–Trinajstić information content (AvgIpc) is 0.692. The van der Waals surface area contributed by atoms with Crippen LogP contribution in [0.2, 0.25) is 0 Å². The van der Waals surface area contributed by atoms with Gasteiger partial charge in [0.1, 0.15) is 0 Å². The molecule has 0 spiro atoms. The van der Waals surface area contributed by atoms with Crippen molar-refractivity contribution in [3.63, 3.8) is 0 Å². The van der Waals surface area contributed by atoms with Crippen LogP contribution >= 0.6 is 0 Å². The Bertz CT molecular complexity index is 4760. The summed E-state index contributed by atoms with van der Waals surface area (Å²) in [4.78, 5) is 84.6. The van der Waals surface area contributed by atoms with Crippen molar-refractivity contribution in [1.82, 2.24) is 0 Å². The predicted molar refractivity (Wildman–Crippen MR) is 385 cm³/mol. The first kappa shape index (κ1) is 63.3. The Morgan fingerprint density at radius 2 is 0.564 bits per heavy atom. The first-order chi connectivity index (χ1) is 44.9. The molecule has 468 valence electrons. The molecule has 10 nitrogen and oxygen atoms in total. The van der Waals surface area contributed by atoms with E-state index in [9.17, 15) is 28.8 Å². The first-order valence-electron chi connectivity index (χ1n) is 32.0. The van der Waals surface area contributed by atoms with Crippen LogP contribution in [0.5, 0.6) is 0 Å². The zero-order valence-electron chi connectivity index (χ0n) is 55.9. The SMILES string of the molecule is Cc1cc(C)c(N2C(=O)c3ccc4c5ccc6c7c(ccc(c8ccc(c3c48)C2=O)c75)C(=O)N(c2cc(C)c(C)cc2C)C6=O)cc1C.Cc1cc(C)c(NC(=O)c2ccc(C(=O)Nc3cc(C)c(C)cc3C)cc2)cc1C.Cc1ccccc1CCc1ccccc1C. The summed E-state index contributed by atoms with van der Waals surface area (Å²) in [6.07, 6.45) is 2.27. The van der Waals surface area contributed by atoms with Crippen molar-refractivity contribution in [2.75, 3.05) is 20.4 Å². The van der Waals surface area contributed by atoms with Crippen molar-refractivity contribution < 1.29 is 28.8 Å². The van der Waals surface area contributed by atoms with Gasteiger partial charge in [0.15, 0.2) is 0 Å². The number of aryl methyl sites for hydroxylation is 16. The maximum Gasteiger partial charge on any atom is 0.265 e. The third-order valence-electron chi connectivity index (χ3n) is 19.5. The highest BCUT2D eigenvalue weighted by Crippen LogP contribution is 2.48. The van der Waals surface area contributed by atoms with E-state index in [1.807, 2.05) is 154 Å². The standard InChI is InChI=1S/C42H30N2O4.C26H28N2O2.C16H18/c1-19-15-23(5)33(17-21(19)3)43-39(45)29-11-7-25-27-9-13-31-38-32(42(48)44(41(31)47)34-18-22(4)20(2)16-24(34)6)14-10-28(36(27)38)26-8-12-30(40(43)46)37(29)35(25)26;1-15-11-19(5)23(13-17(15)3)27-25(29)21-7-9-22(10-8-21)26(30)28-24-14-18(4)16(2)12-20(24)6;1-13-7-3-5-9-15(13)11-12-16-10-6-4-8-14(16)2/h7-18H,1-6H3;7-14H,1-6H3,(H,27,29)(H,28,30);3-10H,11-12H2,1-2H3. The Labute approximate surface area is 549 Å². The maximum absolute atomic E-state index is 14.2. The molecular weight excluding hydrogens is 1160 g/mol. The number of imide groups is 2. The van der Waals surface area contributed by atoms with Crippen LogP contribution in [-0.2, 0) is 12.8 Å². The van der Waals surface area contributed by atoms with Gasteiger partial charge in [0.05, 0.1) is 11.4 Å². The molecule has 0 aliphatic carbocycles. The lowest BCUT2D eigenvalue weighted by molar-refractivity contribution is 0.0877. The van der Waals surface area contributed by atoms with Crippen LogP contribution in [0.3, 0.4) is 0 Å². The molecule has 0 atom stereocenters. The van der Waals surface area contributed by atoms with Crippen molar-refractivity contribution in [1.29, 1.82) is 0 Å². The topological polar surface area (TPSA) is 133 Å². The molecule has 0 radical (unpaired) electrons. The normalized spacial score (nSPS) is 12.6. The van der Waals surface area contributed by atoms with Crippen molar-refractivity contribution in [2.24, 2.45) is 0 Å². The van der Waals surface area contributed by atoms with E-state index in [0.717, 1.165) is 112 Å². The number of fused-ring (bicyclic) bond motifs is 2. The second-order valence-corrected chi connectivity index (χ2v) is 25.8. The molecular formula is C84H76N4O6. The Kier molecular flexibility index (Phi) is 16.8. The number of nitrogens with one attached hydrogen (secondary N) is 2. The number of hydrogen-bond acceptors (Lipinski definition) is 6. The monoisotopic (exact) mass is 1240 g/mol. The lowest BCUT2D eigenvalue weighted by atomic mass is 9.82. The minimum atomic E-state index is -0.350. The Balaban J connectivity index is 0.000000156.